The Hall–Kier alpha value is -1.84. The highest BCUT2D eigenvalue weighted by Crippen LogP contribution is 2.05. The van der Waals surface area contributed by atoms with Gasteiger partial charge in [-0.15, -0.1) is 0 Å². The van der Waals surface area contributed by atoms with Crippen molar-refractivity contribution < 1.29 is 9.59 Å². The van der Waals surface area contributed by atoms with Crippen LogP contribution in [0.1, 0.15) is 30.9 Å². The maximum absolute atomic E-state index is 11.3. The summed E-state index contributed by atoms with van der Waals surface area (Å²) >= 11 is 0. The molecule has 2 N–H and O–H groups in total. The van der Waals surface area contributed by atoms with E-state index >= 15 is 0 Å². The van der Waals surface area contributed by atoms with E-state index in [9.17, 15) is 9.59 Å². The molecule has 104 valence electrons. The van der Waals surface area contributed by atoms with E-state index in [4.69, 9.17) is 0 Å². The predicted molar refractivity (Wildman–Crippen MR) is 75.8 cm³/mol. The largest absolute Gasteiger partial charge is 0.359 e. The molecular weight excluding hydrogens is 240 g/mol. The van der Waals surface area contributed by atoms with Crippen LogP contribution in [0.5, 0.6) is 0 Å². The van der Waals surface area contributed by atoms with E-state index in [2.05, 4.69) is 10.6 Å². The zero-order chi connectivity index (χ0) is 14.1. The number of amides is 2. The third-order valence-corrected chi connectivity index (χ3v) is 2.88. The van der Waals surface area contributed by atoms with Crippen LogP contribution < -0.4 is 10.6 Å². The van der Waals surface area contributed by atoms with Crippen LogP contribution in [0, 0.1) is 0 Å². The highest BCUT2D eigenvalue weighted by atomic mass is 16.2. The third kappa shape index (κ3) is 6.04. The van der Waals surface area contributed by atoms with Gasteiger partial charge in [0.05, 0.1) is 6.42 Å². The summed E-state index contributed by atoms with van der Waals surface area (Å²) in [7, 11) is 1.63. The first kappa shape index (κ1) is 15.2. The lowest BCUT2D eigenvalue weighted by atomic mass is 10.1. The topological polar surface area (TPSA) is 58.2 Å². The van der Waals surface area contributed by atoms with Crippen LogP contribution in [0.25, 0.3) is 0 Å². The van der Waals surface area contributed by atoms with Gasteiger partial charge in [-0.25, -0.2) is 0 Å². The summed E-state index contributed by atoms with van der Waals surface area (Å²) in [6, 6.07) is 7.92. The Kier molecular flexibility index (Phi) is 6.64. The van der Waals surface area contributed by atoms with E-state index in [0.717, 1.165) is 24.0 Å². The first-order valence-electron chi connectivity index (χ1n) is 6.70. The van der Waals surface area contributed by atoms with E-state index in [1.807, 2.05) is 31.2 Å². The Balaban J connectivity index is 2.36. The van der Waals surface area contributed by atoms with Gasteiger partial charge in [-0.3, -0.25) is 9.59 Å². The second-order valence-electron chi connectivity index (χ2n) is 4.52. The summed E-state index contributed by atoms with van der Waals surface area (Å²) in [5.41, 5.74) is 2.16. The molecule has 19 heavy (non-hydrogen) atoms. The average Bonchev–Trinajstić information content (AvgIpc) is 2.41. The van der Waals surface area contributed by atoms with Crippen molar-refractivity contribution in [2.24, 2.45) is 0 Å². The molecule has 0 atom stereocenters. The van der Waals surface area contributed by atoms with Crippen LogP contribution in [-0.2, 0) is 22.4 Å². The summed E-state index contributed by atoms with van der Waals surface area (Å²) in [5.74, 6) is 0.123. The van der Waals surface area contributed by atoms with Gasteiger partial charge in [0.2, 0.25) is 11.8 Å². The lowest BCUT2D eigenvalue weighted by Gasteiger charge is -2.06. The van der Waals surface area contributed by atoms with Gasteiger partial charge in [-0.1, -0.05) is 31.2 Å². The first-order valence-corrected chi connectivity index (χ1v) is 6.70. The van der Waals surface area contributed by atoms with Crippen molar-refractivity contribution in [1.29, 1.82) is 0 Å². The molecule has 0 spiro atoms. The van der Waals surface area contributed by atoms with Crippen molar-refractivity contribution in [3.8, 4) is 0 Å². The fourth-order valence-corrected chi connectivity index (χ4v) is 1.76. The summed E-state index contributed by atoms with van der Waals surface area (Å²) in [4.78, 5) is 22.5. The molecule has 0 saturated carbocycles. The molecule has 1 aromatic rings. The molecular formula is C15H22N2O2. The van der Waals surface area contributed by atoms with Crippen molar-refractivity contribution in [3.63, 3.8) is 0 Å². The number of hydrogen-bond donors (Lipinski definition) is 2. The fourth-order valence-electron chi connectivity index (χ4n) is 1.76. The molecule has 4 heteroatoms. The Morgan fingerprint density at radius 1 is 1.05 bits per heavy atom. The molecule has 0 heterocycles. The van der Waals surface area contributed by atoms with Crippen LogP contribution in [0.3, 0.4) is 0 Å². The summed E-state index contributed by atoms with van der Waals surface area (Å²) in [6.07, 6.45) is 2.69. The molecule has 1 aromatic carbocycles. The molecule has 2 amide bonds. The number of likely N-dealkylation sites (N-methyl/N-ethyl adjacent to an activating group) is 1. The molecule has 4 nitrogen and oxygen atoms in total. The van der Waals surface area contributed by atoms with Gasteiger partial charge in [-0.2, -0.15) is 0 Å². The van der Waals surface area contributed by atoms with Gasteiger partial charge in [0.15, 0.2) is 0 Å². The molecule has 1 rings (SSSR count). The maximum atomic E-state index is 11.3. The zero-order valence-electron chi connectivity index (χ0n) is 11.7. The quantitative estimate of drug-likeness (QED) is 0.781. The second kappa shape index (κ2) is 8.29. The summed E-state index contributed by atoms with van der Waals surface area (Å²) in [5, 5.41) is 5.49. The van der Waals surface area contributed by atoms with Crippen molar-refractivity contribution in [2.75, 3.05) is 13.6 Å². The number of benzene rings is 1. The molecule has 0 aliphatic heterocycles. The van der Waals surface area contributed by atoms with E-state index in [0.29, 0.717) is 19.4 Å². The van der Waals surface area contributed by atoms with Gasteiger partial charge >= 0.3 is 0 Å². The highest BCUT2D eigenvalue weighted by Gasteiger charge is 2.02. The molecule has 0 bridgehead atoms. The number of carbonyl (C=O) groups excluding carboxylic acids is 2. The molecule has 0 unspecified atom stereocenters. The monoisotopic (exact) mass is 262 g/mol. The van der Waals surface area contributed by atoms with Crippen molar-refractivity contribution in [1.82, 2.24) is 10.6 Å². The van der Waals surface area contributed by atoms with E-state index in [1.54, 1.807) is 7.05 Å². The van der Waals surface area contributed by atoms with Crippen LogP contribution in [0.2, 0.25) is 0 Å². The predicted octanol–water partition coefficient (Wildman–Crippen LogP) is 1.43. The lowest BCUT2D eigenvalue weighted by Crippen LogP contribution is -2.25. The minimum atomic E-state index is 0.0135. The first-order chi connectivity index (χ1) is 9.15. The molecule has 0 fully saturated rings. The molecule has 0 aromatic heterocycles. The number of nitrogens with one attached hydrogen (secondary N) is 2. The lowest BCUT2D eigenvalue weighted by molar-refractivity contribution is -0.121. The highest BCUT2D eigenvalue weighted by molar-refractivity contribution is 5.78. The molecule has 0 aliphatic carbocycles. The molecule has 0 saturated heterocycles. The van der Waals surface area contributed by atoms with E-state index in [-0.39, 0.29) is 11.8 Å². The van der Waals surface area contributed by atoms with Gasteiger partial charge in [0.25, 0.3) is 0 Å². The summed E-state index contributed by atoms with van der Waals surface area (Å²) in [6.45, 7) is 2.65. The fraction of sp³-hybridized carbons (Fsp3) is 0.467. The minimum absolute atomic E-state index is 0.0135. The van der Waals surface area contributed by atoms with Crippen LogP contribution in [0.4, 0.5) is 0 Å². The maximum Gasteiger partial charge on any atom is 0.224 e. The average molecular weight is 262 g/mol. The summed E-state index contributed by atoms with van der Waals surface area (Å²) < 4.78 is 0. The number of carbonyl (C=O) groups is 2. The van der Waals surface area contributed by atoms with Crippen LogP contribution >= 0.6 is 0 Å². The normalized spacial score (nSPS) is 10.0. The number of rotatable bonds is 7. The Morgan fingerprint density at radius 3 is 2.26 bits per heavy atom. The van der Waals surface area contributed by atoms with Crippen molar-refractivity contribution in [2.45, 2.75) is 32.6 Å². The molecule has 0 radical (unpaired) electrons. The zero-order valence-corrected chi connectivity index (χ0v) is 11.7. The minimum Gasteiger partial charge on any atom is -0.359 e. The van der Waals surface area contributed by atoms with Crippen LogP contribution in [-0.4, -0.2) is 25.4 Å². The van der Waals surface area contributed by atoms with Gasteiger partial charge in [0.1, 0.15) is 0 Å². The van der Waals surface area contributed by atoms with Crippen molar-refractivity contribution >= 4 is 11.8 Å². The van der Waals surface area contributed by atoms with E-state index in [1.165, 1.54) is 0 Å². The number of hydrogen-bond acceptors (Lipinski definition) is 2. The Bertz CT molecular complexity index is 413. The van der Waals surface area contributed by atoms with E-state index < -0.39 is 0 Å². The Morgan fingerprint density at radius 2 is 1.68 bits per heavy atom. The van der Waals surface area contributed by atoms with Gasteiger partial charge < -0.3 is 10.6 Å². The Labute approximate surface area is 114 Å². The molecule has 0 aliphatic rings. The van der Waals surface area contributed by atoms with Crippen molar-refractivity contribution in [3.05, 3.63) is 35.4 Å². The third-order valence-electron chi connectivity index (χ3n) is 2.88. The van der Waals surface area contributed by atoms with Crippen LogP contribution in [0.15, 0.2) is 24.3 Å². The second-order valence-corrected chi connectivity index (χ2v) is 4.52. The SMILES string of the molecule is CCCC(=O)NCCc1ccc(CC(=O)NC)cc1. The standard InChI is InChI=1S/C15H22N2O2/c1-3-4-14(18)17-10-9-12-5-7-13(8-6-12)11-15(19)16-2/h5-8H,3-4,9-11H2,1-2H3,(H,16,19)(H,17,18). The van der Waals surface area contributed by atoms with Gasteiger partial charge in [-0.05, 0) is 24.0 Å². The van der Waals surface area contributed by atoms with Gasteiger partial charge in [0, 0.05) is 20.0 Å². The smallest absolute Gasteiger partial charge is 0.224 e.